The Kier molecular flexibility index (Phi) is 6.00. The molecule has 0 aliphatic heterocycles. The fraction of sp³-hybridized carbons (Fsp3) is 0.111. The lowest BCUT2D eigenvalue weighted by molar-refractivity contribution is -0.384. The second-order valence-electron chi connectivity index (χ2n) is 4.94. The van der Waals surface area contributed by atoms with Crippen molar-refractivity contribution in [3.8, 4) is 5.75 Å². The van der Waals surface area contributed by atoms with E-state index in [0.717, 1.165) is 0 Å². The molecule has 0 aromatic heterocycles. The number of ketones is 1. The fourth-order valence-corrected chi connectivity index (χ4v) is 1.89. The molecule has 0 atom stereocenters. The van der Waals surface area contributed by atoms with Crippen molar-refractivity contribution in [3.63, 3.8) is 0 Å². The lowest BCUT2D eigenvalue weighted by Gasteiger charge is -2.04. The number of esters is 1. The zero-order valence-electron chi connectivity index (χ0n) is 13.4. The average molecular weight is 341 g/mol. The van der Waals surface area contributed by atoms with Crippen LogP contribution in [0.15, 0.2) is 54.6 Å². The monoisotopic (exact) mass is 341 g/mol. The van der Waals surface area contributed by atoms with Gasteiger partial charge in [-0.05, 0) is 48.0 Å². The highest BCUT2D eigenvalue weighted by Gasteiger charge is 2.05. The third kappa shape index (κ3) is 5.28. The van der Waals surface area contributed by atoms with Gasteiger partial charge in [-0.15, -0.1) is 0 Å². The van der Waals surface area contributed by atoms with Crippen LogP contribution in [0.1, 0.15) is 15.9 Å². The molecule has 0 saturated heterocycles. The number of nitro groups is 1. The number of carbonyl (C=O) groups excluding carboxylic acids is 2. The van der Waals surface area contributed by atoms with Gasteiger partial charge < -0.3 is 9.47 Å². The maximum Gasteiger partial charge on any atom is 0.343 e. The number of allylic oxidation sites excluding steroid dienone is 1. The van der Waals surface area contributed by atoms with E-state index in [0.29, 0.717) is 16.9 Å². The summed E-state index contributed by atoms with van der Waals surface area (Å²) in [5.74, 6) is -0.273. The van der Waals surface area contributed by atoms with Gasteiger partial charge in [0, 0.05) is 17.7 Å². The van der Waals surface area contributed by atoms with Gasteiger partial charge in [-0.1, -0.05) is 6.08 Å². The standard InChI is InChI=1S/C18H15NO6/c1-24-18(21)12-25-16-9-5-14(6-10-16)17(20)11-4-13-2-7-15(8-3-13)19(22)23/h2-11H,12H2,1H3/b11-4+. The Labute approximate surface area is 143 Å². The number of rotatable bonds is 7. The molecule has 0 bridgehead atoms. The molecule has 0 saturated carbocycles. The highest BCUT2D eigenvalue weighted by molar-refractivity contribution is 6.06. The Morgan fingerprint density at radius 2 is 1.72 bits per heavy atom. The SMILES string of the molecule is COC(=O)COc1ccc(C(=O)/C=C/c2ccc([N+](=O)[O-])cc2)cc1. The maximum atomic E-state index is 12.1. The van der Waals surface area contributed by atoms with Gasteiger partial charge in [-0.3, -0.25) is 14.9 Å². The fourth-order valence-electron chi connectivity index (χ4n) is 1.89. The van der Waals surface area contributed by atoms with Crippen LogP contribution in [0.5, 0.6) is 5.75 Å². The lowest BCUT2D eigenvalue weighted by atomic mass is 10.1. The van der Waals surface area contributed by atoms with Crippen LogP contribution < -0.4 is 4.74 Å². The first-order valence-corrected chi connectivity index (χ1v) is 7.26. The van der Waals surface area contributed by atoms with Gasteiger partial charge in [0.25, 0.3) is 5.69 Å². The number of ether oxygens (including phenoxy) is 2. The van der Waals surface area contributed by atoms with E-state index in [1.54, 1.807) is 42.5 Å². The first-order valence-electron chi connectivity index (χ1n) is 7.26. The van der Waals surface area contributed by atoms with Gasteiger partial charge in [0.15, 0.2) is 12.4 Å². The largest absolute Gasteiger partial charge is 0.482 e. The predicted molar refractivity (Wildman–Crippen MR) is 90.4 cm³/mol. The third-order valence-electron chi connectivity index (χ3n) is 3.25. The van der Waals surface area contributed by atoms with Crippen molar-refractivity contribution >= 4 is 23.5 Å². The molecule has 25 heavy (non-hydrogen) atoms. The van der Waals surface area contributed by atoms with E-state index >= 15 is 0 Å². The van der Waals surface area contributed by atoms with Crippen molar-refractivity contribution in [2.75, 3.05) is 13.7 Å². The molecular formula is C18H15NO6. The van der Waals surface area contributed by atoms with Crippen LogP contribution in [0.3, 0.4) is 0 Å². The van der Waals surface area contributed by atoms with Crippen LogP contribution >= 0.6 is 0 Å². The topological polar surface area (TPSA) is 95.7 Å². The van der Waals surface area contributed by atoms with E-state index in [2.05, 4.69) is 4.74 Å². The Balaban J connectivity index is 1.98. The van der Waals surface area contributed by atoms with Gasteiger partial charge in [0.1, 0.15) is 5.75 Å². The molecule has 0 aliphatic rings. The molecule has 2 rings (SSSR count). The van der Waals surface area contributed by atoms with Crippen LogP contribution in [-0.2, 0) is 9.53 Å². The first kappa shape index (κ1) is 17.9. The molecule has 128 valence electrons. The van der Waals surface area contributed by atoms with E-state index in [1.165, 1.54) is 25.3 Å². The third-order valence-corrected chi connectivity index (χ3v) is 3.25. The molecule has 2 aromatic rings. The number of nitro benzene ring substituents is 1. The number of nitrogens with zero attached hydrogens (tertiary/aromatic N) is 1. The average Bonchev–Trinajstić information content (AvgIpc) is 2.64. The maximum absolute atomic E-state index is 12.1. The molecule has 0 amide bonds. The van der Waals surface area contributed by atoms with Crippen molar-refractivity contribution in [1.29, 1.82) is 0 Å². The number of carbonyl (C=O) groups is 2. The number of non-ortho nitro benzene ring substituents is 1. The molecule has 0 spiro atoms. The normalized spacial score (nSPS) is 10.4. The van der Waals surface area contributed by atoms with Gasteiger partial charge in [-0.25, -0.2) is 4.79 Å². The summed E-state index contributed by atoms with van der Waals surface area (Å²) in [7, 11) is 1.27. The second-order valence-corrected chi connectivity index (χ2v) is 4.94. The number of hydrogen-bond acceptors (Lipinski definition) is 6. The van der Waals surface area contributed by atoms with Crippen molar-refractivity contribution < 1.29 is 24.0 Å². The molecule has 7 heteroatoms. The summed E-state index contributed by atoms with van der Waals surface area (Å²) in [5.41, 5.74) is 1.12. The predicted octanol–water partition coefficient (Wildman–Crippen LogP) is 3.04. The Morgan fingerprint density at radius 3 is 2.28 bits per heavy atom. The summed E-state index contributed by atoms with van der Waals surface area (Å²) in [5, 5.41) is 10.6. The van der Waals surface area contributed by atoms with Crippen molar-refractivity contribution in [3.05, 3.63) is 75.8 Å². The summed E-state index contributed by atoms with van der Waals surface area (Å²) in [6.45, 7) is -0.205. The van der Waals surface area contributed by atoms with Gasteiger partial charge in [0.2, 0.25) is 0 Å². The van der Waals surface area contributed by atoms with E-state index in [4.69, 9.17) is 4.74 Å². The Hall–Kier alpha value is -3.48. The van der Waals surface area contributed by atoms with Crippen molar-refractivity contribution in [2.45, 2.75) is 0 Å². The summed E-state index contributed by atoms with van der Waals surface area (Å²) < 4.78 is 9.66. The van der Waals surface area contributed by atoms with Crippen LogP contribution in [0.2, 0.25) is 0 Å². The molecule has 0 radical (unpaired) electrons. The summed E-state index contributed by atoms with van der Waals surface area (Å²) in [6.07, 6.45) is 2.96. The minimum absolute atomic E-state index is 0.00831. The molecule has 7 nitrogen and oxygen atoms in total. The Bertz CT molecular complexity index is 793. The van der Waals surface area contributed by atoms with Gasteiger partial charge >= 0.3 is 5.97 Å². The number of hydrogen-bond donors (Lipinski definition) is 0. The summed E-state index contributed by atoms with van der Waals surface area (Å²) in [6, 6.07) is 12.2. The van der Waals surface area contributed by atoms with Crippen LogP contribution in [0, 0.1) is 10.1 Å². The minimum Gasteiger partial charge on any atom is -0.482 e. The van der Waals surface area contributed by atoms with Gasteiger partial charge in [-0.2, -0.15) is 0 Å². The smallest absolute Gasteiger partial charge is 0.343 e. The highest BCUT2D eigenvalue weighted by atomic mass is 16.6. The summed E-state index contributed by atoms with van der Waals surface area (Å²) in [4.78, 5) is 33.2. The Morgan fingerprint density at radius 1 is 1.08 bits per heavy atom. The molecule has 0 fully saturated rings. The number of benzene rings is 2. The van der Waals surface area contributed by atoms with E-state index < -0.39 is 10.9 Å². The molecule has 0 heterocycles. The second kappa shape index (κ2) is 8.39. The first-order chi connectivity index (χ1) is 12.0. The molecule has 2 aromatic carbocycles. The lowest BCUT2D eigenvalue weighted by Crippen LogP contribution is -2.12. The minimum atomic E-state index is -0.494. The highest BCUT2D eigenvalue weighted by Crippen LogP contribution is 2.15. The van der Waals surface area contributed by atoms with E-state index in [-0.39, 0.29) is 18.1 Å². The molecule has 0 unspecified atom stereocenters. The van der Waals surface area contributed by atoms with E-state index in [1.807, 2.05) is 0 Å². The van der Waals surface area contributed by atoms with Crippen molar-refractivity contribution in [2.24, 2.45) is 0 Å². The number of methoxy groups -OCH3 is 1. The van der Waals surface area contributed by atoms with E-state index in [9.17, 15) is 19.7 Å². The van der Waals surface area contributed by atoms with Crippen LogP contribution in [0.25, 0.3) is 6.08 Å². The summed E-state index contributed by atoms with van der Waals surface area (Å²) >= 11 is 0. The van der Waals surface area contributed by atoms with Crippen LogP contribution in [-0.4, -0.2) is 30.4 Å². The molecule has 0 aliphatic carbocycles. The molecule has 0 N–H and O–H groups in total. The zero-order valence-corrected chi connectivity index (χ0v) is 13.4. The van der Waals surface area contributed by atoms with Gasteiger partial charge in [0.05, 0.1) is 12.0 Å². The quantitative estimate of drug-likeness (QED) is 0.252. The zero-order chi connectivity index (χ0) is 18.2. The van der Waals surface area contributed by atoms with Crippen LogP contribution in [0.4, 0.5) is 5.69 Å². The van der Waals surface area contributed by atoms with Crippen molar-refractivity contribution in [1.82, 2.24) is 0 Å². The molecular weight excluding hydrogens is 326 g/mol.